The predicted octanol–water partition coefficient (Wildman–Crippen LogP) is 6.77. The highest BCUT2D eigenvalue weighted by molar-refractivity contribution is 5.87. The molecular formula is C25H38O2. The van der Waals surface area contributed by atoms with Crippen molar-refractivity contribution in [2.45, 2.75) is 91.4 Å². The molecule has 4 aliphatic rings. The van der Waals surface area contributed by atoms with Crippen LogP contribution in [-0.2, 0) is 4.79 Å². The van der Waals surface area contributed by atoms with E-state index in [1.807, 2.05) is 6.08 Å². The Hall–Kier alpha value is -1.05. The highest BCUT2D eigenvalue weighted by Gasteiger charge is 2.57. The van der Waals surface area contributed by atoms with Gasteiger partial charge < -0.3 is 5.11 Å². The fraction of sp³-hybridized carbons (Fsp3) is 0.800. The second-order valence-electron chi connectivity index (χ2n) is 10.5. The van der Waals surface area contributed by atoms with Gasteiger partial charge in [-0.1, -0.05) is 46.1 Å². The number of unbranched alkanes of at least 4 members (excludes halogenated alkanes) is 2. The molecule has 0 aromatic carbocycles. The lowest BCUT2D eigenvalue weighted by molar-refractivity contribution is -0.133. The van der Waals surface area contributed by atoms with Gasteiger partial charge in [0.15, 0.2) is 0 Å². The first kappa shape index (κ1) is 19.3. The minimum absolute atomic E-state index is 0.212. The highest BCUT2D eigenvalue weighted by Crippen LogP contribution is 2.66. The zero-order valence-corrected chi connectivity index (χ0v) is 17.6. The summed E-state index contributed by atoms with van der Waals surface area (Å²) in [6.45, 7) is 7.38. The molecule has 4 aliphatic carbocycles. The van der Waals surface area contributed by atoms with Gasteiger partial charge in [0.1, 0.15) is 0 Å². The highest BCUT2D eigenvalue weighted by atomic mass is 16.4. The van der Waals surface area contributed by atoms with Crippen molar-refractivity contribution in [3.8, 4) is 0 Å². The predicted molar refractivity (Wildman–Crippen MR) is 110 cm³/mol. The van der Waals surface area contributed by atoms with Crippen molar-refractivity contribution >= 4 is 5.97 Å². The van der Waals surface area contributed by atoms with Crippen LogP contribution in [-0.4, -0.2) is 11.1 Å². The van der Waals surface area contributed by atoms with E-state index in [1.165, 1.54) is 63.4 Å². The smallest absolute Gasteiger partial charge is 0.331 e. The van der Waals surface area contributed by atoms with Crippen LogP contribution >= 0.6 is 0 Å². The van der Waals surface area contributed by atoms with Crippen molar-refractivity contribution in [2.75, 3.05) is 0 Å². The Bertz CT molecular complexity index is 659. The maximum Gasteiger partial charge on any atom is 0.331 e. The van der Waals surface area contributed by atoms with Crippen LogP contribution in [0.3, 0.4) is 0 Å². The molecule has 2 saturated carbocycles. The number of carbonyl (C=O) groups is 1. The summed E-state index contributed by atoms with van der Waals surface area (Å²) in [6.07, 6.45) is 18.6. The molecule has 150 valence electrons. The third-order valence-electron chi connectivity index (χ3n) is 9.40. The zero-order chi connectivity index (χ0) is 19.2. The monoisotopic (exact) mass is 370 g/mol. The average molecular weight is 371 g/mol. The number of carboxylic acid groups (broad SMARTS) is 1. The van der Waals surface area contributed by atoms with E-state index in [0.717, 1.165) is 36.5 Å². The van der Waals surface area contributed by atoms with Crippen LogP contribution in [0, 0.1) is 34.5 Å². The summed E-state index contributed by atoms with van der Waals surface area (Å²) in [5.74, 6) is 2.70. The molecule has 0 amide bonds. The lowest BCUT2D eigenvalue weighted by Crippen LogP contribution is -2.49. The molecule has 0 aliphatic heterocycles. The van der Waals surface area contributed by atoms with Crippen molar-refractivity contribution in [2.24, 2.45) is 34.5 Å². The molecule has 0 radical (unpaired) electrons. The third-order valence-corrected chi connectivity index (χ3v) is 9.40. The molecule has 0 aromatic heterocycles. The summed E-state index contributed by atoms with van der Waals surface area (Å²) < 4.78 is 0. The van der Waals surface area contributed by atoms with E-state index in [0.29, 0.717) is 11.0 Å². The van der Waals surface area contributed by atoms with Gasteiger partial charge in [0.25, 0.3) is 0 Å². The molecule has 0 bridgehead atoms. The second kappa shape index (κ2) is 7.08. The maximum absolute atomic E-state index is 11.5. The van der Waals surface area contributed by atoms with Crippen molar-refractivity contribution in [1.82, 2.24) is 0 Å². The van der Waals surface area contributed by atoms with Crippen LogP contribution in [0.2, 0.25) is 0 Å². The number of hydrogen-bond acceptors (Lipinski definition) is 1. The molecule has 0 aromatic rings. The van der Waals surface area contributed by atoms with E-state index >= 15 is 0 Å². The maximum atomic E-state index is 11.5. The summed E-state index contributed by atoms with van der Waals surface area (Å²) >= 11 is 0. The standard InChI is InChI=1S/C25H38O2/c1-4-5-6-7-18-9-11-21-20-10-8-19-16-17(23(26)27)12-14-25(19,3)22(20)13-15-24(18,21)2/h8,16,18,20-22H,4-7,9-15H2,1-3H3,(H,26,27)/t18?,20-,21-,22+,24+,25-/m0/s1. The molecule has 0 heterocycles. The molecular weight excluding hydrogens is 332 g/mol. The zero-order valence-electron chi connectivity index (χ0n) is 17.6. The molecule has 1 unspecified atom stereocenters. The molecule has 27 heavy (non-hydrogen) atoms. The van der Waals surface area contributed by atoms with Gasteiger partial charge in [0.05, 0.1) is 0 Å². The third kappa shape index (κ3) is 3.02. The molecule has 4 rings (SSSR count). The Labute approximate surface area is 165 Å². The molecule has 0 spiro atoms. The van der Waals surface area contributed by atoms with Crippen LogP contribution in [0.1, 0.15) is 91.4 Å². The SMILES string of the molecule is CCCCCC1CC[C@H]2[C@@H]3CC=C4C=C(C(=O)O)CC[C@]4(C)[C@@H]3CC[C@]12C. The average Bonchev–Trinajstić information content (AvgIpc) is 2.97. The Morgan fingerprint density at radius 3 is 2.70 bits per heavy atom. The molecule has 1 N–H and O–H groups in total. The number of hydrogen-bond donors (Lipinski definition) is 1. The van der Waals surface area contributed by atoms with E-state index in [2.05, 4.69) is 26.8 Å². The Morgan fingerprint density at radius 2 is 1.96 bits per heavy atom. The molecule has 2 fully saturated rings. The summed E-state index contributed by atoms with van der Waals surface area (Å²) in [4.78, 5) is 11.5. The van der Waals surface area contributed by atoms with Crippen molar-refractivity contribution in [3.63, 3.8) is 0 Å². The van der Waals surface area contributed by atoms with Gasteiger partial charge in [-0.05, 0) is 97.5 Å². The van der Waals surface area contributed by atoms with Crippen LogP contribution < -0.4 is 0 Å². The molecule has 2 heteroatoms. The minimum atomic E-state index is -0.720. The quantitative estimate of drug-likeness (QED) is 0.542. The first-order chi connectivity index (χ1) is 12.9. The summed E-state index contributed by atoms with van der Waals surface area (Å²) in [6, 6.07) is 0. The first-order valence-electron chi connectivity index (χ1n) is 11.5. The van der Waals surface area contributed by atoms with Crippen LogP contribution in [0.5, 0.6) is 0 Å². The fourth-order valence-electron chi connectivity index (χ4n) is 7.72. The Kier molecular flexibility index (Phi) is 5.06. The normalized spacial score (nSPS) is 43.2. The van der Waals surface area contributed by atoms with Gasteiger partial charge in [-0.3, -0.25) is 0 Å². The van der Waals surface area contributed by atoms with E-state index in [4.69, 9.17) is 0 Å². The van der Waals surface area contributed by atoms with Gasteiger partial charge in [0.2, 0.25) is 0 Å². The van der Waals surface area contributed by atoms with Crippen molar-refractivity contribution in [3.05, 3.63) is 23.3 Å². The van der Waals surface area contributed by atoms with Gasteiger partial charge in [-0.25, -0.2) is 4.79 Å². The number of rotatable bonds is 5. The minimum Gasteiger partial charge on any atom is -0.478 e. The van der Waals surface area contributed by atoms with Gasteiger partial charge in [0, 0.05) is 5.57 Å². The molecule has 2 nitrogen and oxygen atoms in total. The second-order valence-corrected chi connectivity index (χ2v) is 10.5. The van der Waals surface area contributed by atoms with E-state index in [1.54, 1.807) is 0 Å². The van der Waals surface area contributed by atoms with Crippen LogP contribution in [0.25, 0.3) is 0 Å². The molecule has 0 saturated heterocycles. The number of carboxylic acids is 1. The van der Waals surface area contributed by atoms with E-state index < -0.39 is 5.97 Å². The Morgan fingerprint density at radius 1 is 1.15 bits per heavy atom. The van der Waals surface area contributed by atoms with Crippen LogP contribution in [0.15, 0.2) is 23.3 Å². The number of allylic oxidation sites excluding steroid dienone is 3. The largest absolute Gasteiger partial charge is 0.478 e. The van der Waals surface area contributed by atoms with Crippen molar-refractivity contribution in [1.29, 1.82) is 0 Å². The van der Waals surface area contributed by atoms with E-state index in [9.17, 15) is 9.90 Å². The van der Waals surface area contributed by atoms with Gasteiger partial charge >= 0.3 is 5.97 Å². The summed E-state index contributed by atoms with van der Waals surface area (Å²) in [7, 11) is 0. The summed E-state index contributed by atoms with van der Waals surface area (Å²) in [5.41, 5.74) is 2.74. The van der Waals surface area contributed by atoms with Crippen LogP contribution in [0.4, 0.5) is 0 Å². The Balaban J connectivity index is 1.56. The molecule has 6 atom stereocenters. The van der Waals surface area contributed by atoms with E-state index in [-0.39, 0.29) is 5.41 Å². The first-order valence-corrected chi connectivity index (χ1v) is 11.5. The van der Waals surface area contributed by atoms with Gasteiger partial charge in [-0.15, -0.1) is 0 Å². The number of fused-ring (bicyclic) bond motifs is 5. The van der Waals surface area contributed by atoms with Gasteiger partial charge in [-0.2, -0.15) is 0 Å². The topological polar surface area (TPSA) is 37.3 Å². The van der Waals surface area contributed by atoms with Crippen molar-refractivity contribution < 1.29 is 9.90 Å². The number of aliphatic carboxylic acids is 1. The fourth-order valence-corrected chi connectivity index (χ4v) is 7.72. The summed E-state index contributed by atoms with van der Waals surface area (Å²) in [5, 5.41) is 9.42. The lowest BCUT2D eigenvalue weighted by Gasteiger charge is -2.57. The lowest BCUT2D eigenvalue weighted by atomic mass is 9.47.